The van der Waals surface area contributed by atoms with Gasteiger partial charge in [0, 0.05) is 25.7 Å². The van der Waals surface area contributed by atoms with Crippen LogP contribution in [0.25, 0.3) is 0 Å². The Morgan fingerprint density at radius 1 is 1.53 bits per heavy atom. The summed E-state index contributed by atoms with van der Waals surface area (Å²) in [5.74, 6) is -0.179. The van der Waals surface area contributed by atoms with Gasteiger partial charge in [-0.25, -0.2) is 4.39 Å². The zero-order valence-electron chi connectivity index (χ0n) is 9.75. The summed E-state index contributed by atoms with van der Waals surface area (Å²) in [5.41, 5.74) is 1.04. The summed E-state index contributed by atoms with van der Waals surface area (Å²) in [6.45, 7) is 2.97. The lowest BCUT2D eigenvalue weighted by Crippen LogP contribution is -2.29. The highest BCUT2D eigenvalue weighted by Crippen LogP contribution is 2.19. The number of likely N-dealkylation sites (tertiary alicyclic amines) is 1. The Morgan fingerprint density at radius 3 is 2.88 bits per heavy atom. The second-order valence-corrected chi connectivity index (χ2v) is 5.11. The smallest absolute Gasteiger partial charge is 0.137 e. The molecule has 17 heavy (non-hydrogen) atoms. The van der Waals surface area contributed by atoms with E-state index < -0.39 is 0 Å². The van der Waals surface area contributed by atoms with Gasteiger partial charge in [0.1, 0.15) is 5.82 Å². The maximum Gasteiger partial charge on any atom is 0.137 e. The topological polar surface area (TPSA) is 15.3 Å². The maximum atomic E-state index is 13.3. The van der Waals surface area contributed by atoms with E-state index in [0.29, 0.717) is 10.5 Å². The van der Waals surface area contributed by atoms with Gasteiger partial charge in [0.2, 0.25) is 0 Å². The molecule has 2 nitrogen and oxygen atoms in total. The molecule has 1 atom stereocenters. The summed E-state index contributed by atoms with van der Waals surface area (Å²) in [6, 6.07) is 5.94. The van der Waals surface area contributed by atoms with Gasteiger partial charge >= 0.3 is 0 Å². The van der Waals surface area contributed by atoms with Crippen LogP contribution in [0.15, 0.2) is 22.7 Å². The normalized spacial score (nSPS) is 20.3. The van der Waals surface area contributed by atoms with Crippen LogP contribution in [0.1, 0.15) is 12.0 Å². The van der Waals surface area contributed by atoms with E-state index in [1.165, 1.54) is 6.42 Å². The van der Waals surface area contributed by atoms with Gasteiger partial charge in [0.25, 0.3) is 0 Å². The third-order valence-electron chi connectivity index (χ3n) is 3.07. The van der Waals surface area contributed by atoms with Crippen LogP contribution < -0.4 is 5.32 Å². The van der Waals surface area contributed by atoms with E-state index in [0.717, 1.165) is 25.2 Å². The largest absolute Gasteiger partial charge is 0.316 e. The molecule has 1 aromatic rings. The Labute approximate surface area is 116 Å². The van der Waals surface area contributed by atoms with E-state index in [2.05, 4.69) is 26.1 Å². The molecule has 0 spiro atoms. The van der Waals surface area contributed by atoms with Gasteiger partial charge in [-0.05, 0) is 47.1 Å². The standard InChI is InChI=1S/C12H16BrFN2.ClH/c1-15-10-4-5-16(8-10)7-9-2-3-11(13)12(14)6-9;/h2-3,6,10,15H,4-5,7-8H2,1H3;1H. The molecule has 96 valence electrons. The summed E-state index contributed by atoms with van der Waals surface area (Å²) < 4.78 is 13.9. The minimum atomic E-state index is -0.179. The molecule has 0 bridgehead atoms. The van der Waals surface area contributed by atoms with E-state index in [-0.39, 0.29) is 18.2 Å². The van der Waals surface area contributed by atoms with Crippen LogP contribution in [0, 0.1) is 5.82 Å². The molecule has 1 N–H and O–H groups in total. The third-order valence-corrected chi connectivity index (χ3v) is 3.71. The monoisotopic (exact) mass is 322 g/mol. The van der Waals surface area contributed by atoms with Gasteiger partial charge in [0.05, 0.1) is 4.47 Å². The van der Waals surface area contributed by atoms with Crippen molar-refractivity contribution in [3.8, 4) is 0 Å². The molecule has 1 aliphatic heterocycles. The molecule has 5 heteroatoms. The zero-order valence-corrected chi connectivity index (χ0v) is 12.2. The lowest BCUT2D eigenvalue weighted by molar-refractivity contribution is 0.322. The number of rotatable bonds is 3. The van der Waals surface area contributed by atoms with Crippen molar-refractivity contribution in [2.45, 2.75) is 19.0 Å². The number of halogens is 3. The summed E-state index contributed by atoms with van der Waals surface area (Å²) in [5, 5.41) is 3.28. The lowest BCUT2D eigenvalue weighted by Gasteiger charge is -2.16. The fourth-order valence-corrected chi connectivity index (χ4v) is 2.35. The average Bonchev–Trinajstić information content (AvgIpc) is 2.71. The number of nitrogens with one attached hydrogen (secondary N) is 1. The molecule has 0 aliphatic carbocycles. The van der Waals surface area contributed by atoms with Crippen molar-refractivity contribution in [2.24, 2.45) is 0 Å². The van der Waals surface area contributed by atoms with Crippen LogP contribution in [-0.4, -0.2) is 31.1 Å². The highest BCUT2D eigenvalue weighted by Gasteiger charge is 2.20. The van der Waals surface area contributed by atoms with Gasteiger partial charge in [-0.15, -0.1) is 12.4 Å². The number of hydrogen-bond donors (Lipinski definition) is 1. The molecule has 1 aliphatic rings. The van der Waals surface area contributed by atoms with E-state index in [1.54, 1.807) is 12.1 Å². The Balaban J connectivity index is 0.00000144. The van der Waals surface area contributed by atoms with Crippen molar-refractivity contribution in [2.75, 3.05) is 20.1 Å². The first-order valence-electron chi connectivity index (χ1n) is 5.52. The molecule has 1 aromatic carbocycles. The van der Waals surface area contributed by atoms with Gasteiger partial charge in [-0.1, -0.05) is 6.07 Å². The fraction of sp³-hybridized carbons (Fsp3) is 0.500. The Morgan fingerprint density at radius 2 is 2.29 bits per heavy atom. The van der Waals surface area contributed by atoms with Crippen LogP contribution in [0.3, 0.4) is 0 Å². The molecule has 1 saturated heterocycles. The maximum absolute atomic E-state index is 13.3. The van der Waals surface area contributed by atoms with E-state index in [1.807, 2.05) is 13.1 Å². The molecule has 1 heterocycles. The fourth-order valence-electron chi connectivity index (χ4n) is 2.11. The number of likely N-dealkylation sites (N-methyl/N-ethyl adjacent to an activating group) is 1. The molecule has 0 radical (unpaired) electrons. The third kappa shape index (κ3) is 3.91. The summed E-state index contributed by atoms with van der Waals surface area (Å²) >= 11 is 3.16. The summed E-state index contributed by atoms with van der Waals surface area (Å²) in [6.07, 6.45) is 1.18. The van der Waals surface area contributed by atoms with Crippen molar-refractivity contribution in [1.29, 1.82) is 0 Å². The van der Waals surface area contributed by atoms with Crippen LogP contribution in [0.2, 0.25) is 0 Å². The second-order valence-electron chi connectivity index (χ2n) is 4.26. The predicted molar refractivity (Wildman–Crippen MR) is 74.1 cm³/mol. The molecule has 1 unspecified atom stereocenters. The first-order chi connectivity index (χ1) is 7.69. The lowest BCUT2D eigenvalue weighted by atomic mass is 10.2. The van der Waals surface area contributed by atoms with Crippen LogP contribution in [0.5, 0.6) is 0 Å². The zero-order chi connectivity index (χ0) is 11.5. The molecule has 1 fully saturated rings. The first-order valence-corrected chi connectivity index (χ1v) is 6.32. The quantitative estimate of drug-likeness (QED) is 0.920. The SMILES string of the molecule is CNC1CCN(Cc2ccc(Br)c(F)c2)C1.Cl. The van der Waals surface area contributed by atoms with Crippen LogP contribution in [0.4, 0.5) is 4.39 Å². The van der Waals surface area contributed by atoms with Crippen molar-refractivity contribution in [1.82, 2.24) is 10.2 Å². The molecule has 2 rings (SSSR count). The van der Waals surface area contributed by atoms with Crippen molar-refractivity contribution in [3.05, 3.63) is 34.1 Å². The average molecular weight is 324 g/mol. The van der Waals surface area contributed by atoms with Gasteiger partial charge in [-0.3, -0.25) is 4.90 Å². The molecule has 0 amide bonds. The van der Waals surface area contributed by atoms with Crippen molar-refractivity contribution >= 4 is 28.3 Å². The first kappa shape index (κ1) is 14.9. The highest BCUT2D eigenvalue weighted by molar-refractivity contribution is 9.10. The van der Waals surface area contributed by atoms with Crippen molar-refractivity contribution in [3.63, 3.8) is 0 Å². The van der Waals surface area contributed by atoms with E-state index >= 15 is 0 Å². The molecular weight excluding hydrogens is 307 g/mol. The van der Waals surface area contributed by atoms with Crippen LogP contribution >= 0.6 is 28.3 Å². The summed E-state index contributed by atoms with van der Waals surface area (Å²) in [7, 11) is 1.99. The summed E-state index contributed by atoms with van der Waals surface area (Å²) in [4.78, 5) is 2.35. The minimum absolute atomic E-state index is 0. The van der Waals surface area contributed by atoms with E-state index in [4.69, 9.17) is 0 Å². The molecule has 0 saturated carbocycles. The molecule has 0 aromatic heterocycles. The van der Waals surface area contributed by atoms with Crippen molar-refractivity contribution < 1.29 is 4.39 Å². The van der Waals surface area contributed by atoms with Crippen LogP contribution in [-0.2, 0) is 6.54 Å². The number of nitrogens with zero attached hydrogens (tertiary/aromatic N) is 1. The van der Waals surface area contributed by atoms with E-state index in [9.17, 15) is 4.39 Å². The predicted octanol–water partition coefficient (Wildman–Crippen LogP) is 2.80. The Kier molecular flexibility index (Phi) is 5.86. The molecular formula is C12H17BrClFN2. The van der Waals surface area contributed by atoms with Gasteiger partial charge < -0.3 is 5.32 Å². The Hall–Kier alpha value is -0.160. The second kappa shape index (κ2) is 6.69. The van der Waals surface area contributed by atoms with Gasteiger partial charge in [0.15, 0.2) is 0 Å². The number of hydrogen-bond acceptors (Lipinski definition) is 2. The highest BCUT2D eigenvalue weighted by atomic mass is 79.9. The van der Waals surface area contributed by atoms with Gasteiger partial charge in [-0.2, -0.15) is 0 Å². The minimum Gasteiger partial charge on any atom is -0.316 e. The number of benzene rings is 1. The Bertz CT molecular complexity index is 376.